The summed E-state index contributed by atoms with van der Waals surface area (Å²) < 4.78 is 14.1. The summed E-state index contributed by atoms with van der Waals surface area (Å²) in [5, 5.41) is 0.398. The first-order chi connectivity index (χ1) is 8.90. The van der Waals surface area contributed by atoms with E-state index in [1.807, 2.05) is 0 Å². The van der Waals surface area contributed by atoms with Crippen LogP contribution >= 0.6 is 11.6 Å². The Morgan fingerprint density at radius 2 is 1.89 bits per heavy atom. The molecular formula is C15H24ClFN2. The highest BCUT2D eigenvalue weighted by Crippen LogP contribution is 2.34. The molecule has 2 unspecified atom stereocenters. The van der Waals surface area contributed by atoms with Gasteiger partial charge in [-0.1, -0.05) is 38.4 Å². The Morgan fingerprint density at radius 3 is 2.32 bits per heavy atom. The molecule has 1 aromatic rings. The molecule has 0 aliphatic heterocycles. The van der Waals surface area contributed by atoms with Gasteiger partial charge in [0.05, 0.1) is 6.04 Å². The van der Waals surface area contributed by atoms with Crippen molar-refractivity contribution in [1.82, 2.24) is 4.90 Å². The predicted octanol–water partition coefficient (Wildman–Crippen LogP) is 3.99. The average Bonchev–Trinajstić information content (AvgIpc) is 2.39. The predicted molar refractivity (Wildman–Crippen MR) is 80.0 cm³/mol. The van der Waals surface area contributed by atoms with Crippen LogP contribution in [0.3, 0.4) is 0 Å². The van der Waals surface area contributed by atoms with Crippen LogP contribution in [0.5, 0.6) is 0 Å². The summed E-state index contributed by atoms with van der Waals surface area (Å²) in [6.07, 6.45) is 0.859. The zero-order valence-corrected chi connectivity index (χ0v) is 13.0. The number of hydrogen-bond donors (Lipinski definition) is 1. The highest BCUT2D eigenvalue weighted by Gasteiger charge is 2.36. The number of nitrogens with two attached hydrogens (primary N) is 1. The fourth-order valence-corrected chi connectivity index (χ4v) is 2.83. The number of nitrogens with zero attached hydrogens (tertiary/aromatic N) is 1. The van der Waals surface area contributed by atoms with Crippen LogP contribution in [0.2, 0.25) is 5.02 Å². The number of halogens is 2. The summed E-state index contributed by atoms with van der Waals surface area (Å²) in [5.74, 6) is -0.327. The smallest absolute Gasteiger partial charge is 0.129 e. The molecule has 2 atom stereocenters. The summed E-state index contributed by atoms with van der Waals surface area (Å²) in [4.78, 5) is 2.28. The van der Waals surface area contributed by atoms with Gasteiger partial charge < -0.3 is 5.73 Å². The minimum atomic E-state index is -0.380. The molecule has 0 fully saturated rings. The molecule has 108 valence electrons. The van der Waals surface area contributed by atoms with E-state index in [2.05, 4.69) is 32.6 Å². The lowest BCUT2D eigenvalue weighted by atomic mass is 9.83. The largest absolute Gasteiger partial charge is 0.322 e. The number of rotatable bonds is 6. The maximum atomic E-state index is 14.1. The van der Waals surface area contributed by atoms with E-state index in [1.165, 1.54) is 6.07 Å². The Bertz CT molecular complexity index is 421. The van der Waals surface area contributed by atoms with Crippen LogP contribution < -0.4 is 5.73 Å². The third-order valence-electron chi connectivity index (χ3n) is 4.17. The van der Waals surface area contributed by atoms with Gasteiger partial charge in [-0.25, -0.2) is 4.39 Å². The maximum Gasteiger partial charge on any atom is 0.129 e. The summed E-state index contributed by atoms with van der Waals surface area (Å²) in [6.45, 7) is 10.2. The Kier molecular flexibility index (Phi) is 5.78. The summed E-state index contributed by atoms with van der Waals surface area (Å²) in [5.41, 5.74) is 6.62. The topological polar surface area (TPSA) is 29.3 Å². The van der Waals surface area contributed by atoms with Crippen LogP contribution in [0, 0.1) is 5.82 Å². The Hall–Kier alpha value is -0.640. The molecule has 0 saturated carbocycles. The monoisotopic (exact) mass is 286 g/mol. The van der Waals surface area contributed by atoms with Crippen molar-refractivity contribution in [3.63, 3.8) is 0 Å². The minimum absolute atomic E-state index is 0.266. The highest BCUT2D eigenvalue weighted by atomic mass is 35.5. The third kappa shape index (κ3) is 3.28. The van der Waals surface area contributed by atoms with Crippen molar-refractivity contribution in [2.75, 3.05) is 13.1 Å². The molecule has 1 rings (SSSR count). The molecule has 0 saturated heterocycles. The van der Waals surface area contributed by atoms with Gasteiger partial charge in [0, 0.05) is 16.1 Å². The molecule has 0 aromatic heterocycles. The van der Waals surface area contributed by atoms with Gasteiger partial charge in [0.1, 0.15) is 5.82 Å². The summed E-state index contributed by atoms with van der Waals surface area (Å²) >= 11 is 5.80. The Morgan fingerprint density at radius 1 is 1.32 bits per heavy atom. The van der Waals surface area contributed by atoms with E-state index >= 15 is 0 Å². The lowest BCUT2D eigenvalue weighted by Gasteiger charge is -2.44. The third-order valence-corrected chi connectivity index (χ3v) is 4.40. The first kappa shape index (κ1) is 16.4. The molecule has 2 N–H and O–H groups in total. The number of benzene rings is 1. The fourth-order valence-electron chi connectivity index (χ4n) is 2.67. The Balaban J connectivity index is 3.17. The van der Waals surface area contributed by atoms with Crippen molar-refractivity contribution in [2.45, 2.75) is 45.7 Å². The number of likely N-dealkylation sites (N-methyl/N-ethyl adjacent to an activating group) is 1. The first-order valence-corrected chi connectivity index (χ1v) is 7.24. The second kappa shape index (κ2) is 6.69. The summed E-state index contributed by atoms with van der Waals surface area (Å²) in [7, 11) is 0. The molecule has 0 heterocycles. The standard InChI is InChI=1S/C15H24ClFN2/c1-5-15(4,19(6-2)7-3)14(18)12-9-8-11(16)10-13(12)17/h8-10,14H,5-7,18H2,1-4H3. The highest BCUT2D eigenvalue weighted by molar-refractivity contribution is 6.30. The maximum absolute atomic E-state index is 14.1. The molecule has 2 nitrogen and oxygen atoms in total. The van der Waals surface area contributed by atoms with Gasteiger partial charge in [-0.05, 0) is 38.6 Å². The molecule has 19 heavy (non-hydrogen) atoms. The van der Waals surface area contributed by atoms with Crippen molar-refractivity contribution < 1.29 is 4.39 Å². The van der Waals surface area contributed by atoms with Gasteiger partial charge in [0.15, 0.2) is 0 Å². The van der Waals surface area contributed by atoms with Crippen molar-refractivity contribution >= 4 is 11.6 Å². The first-order valence-electron chi connectivity index (χ1n) is 6.86. The van der Waals surface area contributed by atoms with Gasteiger partial charge >= 0.3 is 0 Å². The van der Waals surface area contributed by atoms with Crippen molar-refractivity contribution in [3.8, 4) is 0 Å². The van der Waals surface area contributed by atoms with Gasteiger partial charge in [-0.3, -0.25) is 4.90 Å². The van der Waals surface area contributed by atoms with Gasteiger partial charge in [-0.15, -0.1) is 0 Å². The van der Waals surface area contributed by atoms with Gasteiger partial charge in [-0.2, -0.15) is 0 Å². The van der Waals surface area contributed by atoms with Crippen molar-refractivity contribution in [2.24, 2.45) is 5.73 Å². The Labute approximate surface area is 120 Å². The second-order valence-electron chi connectivity index (χ2n) is 5.03. The molecule has 4 heteroatoms. The molecule has 0 aliphatic carbocycles. The van der Waals surface area contributed by atoms with E-state index < -0.39 is 0 Å². The van der Waals surface area contributed by atoms with Gasteiger partial charge in [0.25, 0.3) is 0 Å². The van der Waals surface area contributed by atoms with Crippen molar-refractivity contribution in [3.05, 3.63) is 34.6 Å². The molecule has 0 bridgehead atoms. The van der Waals surface area contributed by atoms with E-state index in [4.69, 9.17) is 17.3 Å². The van der Waals surface area contributed by atoms with Crippen LogP contribution in [-0.2, 0) is 0 Å². The quantitative estimate of drug-likeness (QED) is 0.857. The van der Waals surface area contributed by atoms with E-state index in [-0.39, 0.29) is 17.4 Å². The van der Waals surface area contributed by atoms with E-state index in [0.717, 1.165) is 19.5 Å². The average molecular weight is 287 g/mol. The summed E-state index contributed by atoms with van der Waals surface area (Å²) in [6, 6.07) is 4.34. The van der Waals surface area contributed by atoms with E-state index in [1.54, 1.807) is 12.1 Å². The second-order valence-corrected chi connectivity index (χ2v) is 5.46. The van der Waals surface area contributed by atoms with Crippen LogP contribution in [0.4, 0.5) is 4.39 Å². The molecular weight excluding hydrogens is 263 g/mol. The van der Waals surface area contributed by atoms with Crippen molar-refractivity contribution in [1.29, 1.82) is 0 Å². The molecule has 1 aromatic carbocycles. The SMILES string of the molecule is CCN(CC)C(C)(CC)C(N)c1ccc(Cl)cc1F. The van der Waals surface area contributed by atoms with Crippen LogP contribution in [0.15, 0.2) is 18.2 Å². The number of hydrogen-bond acceptors (Lipinski definition) is 2. The van der Waals surface area contributed by atoms with Gasteiger partial charge in [0.2, 0.25) is 0 Å². The van der Waals surface area contributed by atoms with Crippen LogP contribution in [0.25, 0.3) is 0 Å². The minimum Gasteiger partial charge on any atom is -0.322 e. The van der Waals surface area contributed by atoms with Crippen LogP contribution in [0.1, 0.15) is 45.7 Å². The lowest BCUT2D eigenvalue weighted by molar-refractivity contribution is 0.0832. The zero-order valence-electron chi connectivity index (χ0n) is 12.2. The van der Waals surface area contributed by atoms with Crippen LogP contribution in [-0.4, -0.2) is 23.5 Å². The zero-order chi connectivity index (χ0) is 14.6. The van der Waals surface area contributed by atoms with E-state index in [0.29, 0.717) is 10.6 Å². The molecule has 0 amide bonds. The fraction of sp³-hybridized carbons (Fsp3) is 0.600. The molecule has 0 aliphatic rings. The normalized spacial score (nSPS) is 16.4. The molecule has 0 spiro atoms. The molecule has 0 radical (unpaired) electrons. The van der Waals surface area contributed by atoms with E-state index in [9.17, 15) is 4.39 Å². The lowest BCUT2D eigenvalue weighted by Crippen LogP contribution is -2.53.